The van der Waals surface area contributed by atoms with Crippen LogP contribution in [0.5, 0.6) is 0 Å². The maximum Gasteiger partial charge on any atom is 0.269 e. The zero-order chi connectivity index (χ0) is 14.4. The number of rotatable bonds is 6. The van der Waals surface area contributed by atoms with Crippen LogP contribution in [0.25, 0.3) is 0 Å². The summed E-state index contributed by atoms with van der Waals surface area (Å²) in [5, 5.41) is 14.0. The van der Waals surface area contributed by atoms with Crippen LogP contribution in [0.4, 0.5) is 5.69 Å². The van der Waals surface area contributed by atoms with Crippen LogP contribution in [0.3, 0.4) is 0 Å². The lowest BCUT2D eigenvalue weighted by Crippen LogP contribution is -2.46. The largest absolute Gasteiger partial charge is 0.381 e. The van der Waals surface area contributed by atoms with E-state index in [-0.39, 0.29) is 16.2 Å². The number of nitro groups is 1. The molecule has 1 N–H and O–H groups in total. The Bertz CT molecular complexity index is 458. The van der Waals surface area contributed by atoms with E-state index in [0.717, 1.165) is 24.9 Å². The number of ether oxygens (including phenoxy) is 2. The lowest BCUT2D eigenvalue weighted by molar-refractivity contribution is -0.384. The van der Waals surface area contributed by atoms with Crippen LogP contribution in [-0.2, 0) is 16.0 Å². The molecule has 0 amide bonds. The molecule has 0 unspecified atom stereocenters. The molecule has 0 bridgehead atoms. The number of nitrogens with one attached hydrogen (secondary N) is 1. The molecule has 0 spiro atoms. The van der Waals surface area contributed by atoms with E-state index in [0.29, 0.717) is 19.8 Å². The molecule has 20 heavy (non-hydrogen) atoms. The summed E-state index contributed by atoms with van der Waals surface area (Å²) < 4.78 is 11.0. The van der Waals surface area contributed by atoms with E-state index in [1.807, 2.05) is 6.07 Å². The van der Waals surface area contributed by atoms with Gasteiger partial charge in [0.2, 0.25) is 0 Å². The topological polar surface area (TPSA) is 73.6 Å². The standard InChI is InChI=1S/C14H20N2O4/c1-19-14(5-7-20-8-6-14)11-15-10-12-3-2-4-13(9-12)16(17)18/h2-4,9,15H,5-8,10-11H2,1H3. The molecule has 1 heterocycles. The van der Waals surface area contributed by atoms with E-state index in [2.05, 4.69) is 5.32 Å². The van der Waals surface area contributed by atoms with E-state index in [1.165, 1.54) is 6.07 Å². The van der Waals surface area contributed by atoms with Crippen LogP contribution in [0.1, 0.15) is 18.4 Å². The zero-order valence-electron chi connectivity index (χ0n) is 11.6. The highest BCUT2D eigenvalue weighted by Crippen LogP contribution is 2.23. The summed E-state index contributed by atoms with van der Waals surface area (Å²) in [6.45, 7) is 2.74. The van der Waals surface area contributed by atoms with Crippen molar-refractivity contribution in [2.45, 2.75) is 25.0 Å². The zero-order valence-corrected chi connectivity index (χ0v) is 11.6. The quantitative estimate of drug-likeness (QED) is 0.636. The van der Waals surface area contributed by atoms with E-state index in [9.17, 15) is 10.1 Å². The van der Waals surface area contributed by atoms with Gasteiger partial charge in [-0.1, -0.05) is 12.1 Å². The first-order valence-corrected chi connectivity index (χ1v) is 6.72. The second-order valence-electron chi connectivity index (χ2n) is 5.03. The van der Waals surface area contributed by atoms with Crippen molar-refractivity contribution in [1.82, 2.24) is 5.32 Å². The molecule has 0 saturated carbocycles. The molecule has 1 aromatic rings. The Balaban J connectivity index is 1.88. The molecule has 0 aromatic heterocycles. The molecule has 1 aromatic carbocycles. The Kier molecular flexibility index (Phi) is 5.05. The van der Waals surface area contributed by atoms with Crippen LogP contribution in [0.15, 0.2) is 24.3 Å². The number of hydrogen-bond donors (Lipinski definition) is 1. The van der Waals surface area contributed by atoms with Gasteiger partial charge in [-0.2, -0.15) is 0 Å². The number of nitrogens with zero attached hydrogens (tertiary/aromatic N) is 1. The van der Waals surface area contributed by atoms with Crippen LogP contribution in [-0.4, -0.2) is 37.4 Å². The summed E-state index contributed by atoms with van der Waals surface area (Å²) in [7, 11) is 1.72. The normalized spacial score (nSPS) is 17.9. The highest BCUT2D eigenvalue weighted by molar-refractivity contribution is 5.34. The van der Waals surface area contributed by atoms with Crippen molar-refractivity contribution in [2.24, 2.45) is 0 Å². The third-order valence-electron chi connectivity index (χ3n) is 3.73. The highest BCUT2D eigenvalue weighted by Gasteiger charge is 2.31. The Hall–Kier alpha value is -1.50. The van der Waals surface area contributed by atoms with Crippen molar-refractivity contribution in [2.75, 3.05) is 26.9 Å². The van der Waals surface area contributed by atoms with E-state index < -0.39 is 0 Å². The molecule has 0 radical (unpaired) electrons. The predicted molar refractivity (Wildman–Crippen MR) is 74.6 cm³/mol. The van der Waals surface area contributed by atoms with Gasteiger partial charge in [-0.3, -0.25) is 10.1 Å². The van der Waals surface area contributed by atoms with Crippen molar-refractivity contribution >= 4 is 5.69 Å². The van der Waals surface area contributed by atoms with Crippen molar-refractivity contribution in [3.05, 3.63) is 39.9 Å². The Morgan fingerprint density at radius 1 is 1.45 bits per heavy atom. The number of non-ortho nitro benzene ring substituents is 1. The van der Waals surface area contributed by atoms with Gasteiger partial charge in [0.25, 0.3) is 5.69 Å². The third kappa shape index (κ3) is 3.75. The van der Waals surface area contributed by atoms with E-state index in [4.69, 9.17) is 9.47 Å². The van der Waals surface area contributed by atoms with Gasteiger partial charge in [0.1, 0.15) is 0 Å². The van der Waals surface area contributed by atoms with Gasteiger partial charge in [0.05, 0.1) is 10.5 Å². The SMILES string of the molecule is COC1(CNCc2cccc([N+](=O)[O-])c2)CCOCC1. The Morgan fingerprint density at radius 2 is 2.20 bits per heavy atom. The van der Waals surface area contributed by atoms with Crippen LogP contribution < -0.4 is 5.32 Å². The fraction of sp³-hybridized carbons (Fsp3) is 0.571. The number of methoxy groups -OCH3 is 1. The van der Waals surface area contributed by atoms with Gasteiger partial charge in [-0.15, -0.1) is 0 Å². The number of hydrogen-bond acceptors (Lipinski definition) is 5. The summed E-state index contributed by atoms with van der Waals surface area (Å²) in [5.41, 5.74) is 0.841. The summed E-state index contributed by atoms with van der Waals surface area (Å²) >= 11 is 0. The highest BCUT2D eigenvalue weighted by atomic mass is 16.6. The Morgan fingerprint density at radius 3 is 2.85 bits per heavy atom. The summed E-state index contributed by atoms with van der Waals surface area (Å²) in [4.78, 5) is 10.3. The van der Waals surface area contributed by atoms with Crippen LogP contribution >= 0.6 is 0 Å². The van der Waals surface area contributed by atoms with Crippen molar-refractivity contribution in [1.29, 1.82) is 0 Å². The molecule has 6 nitrogen and oxygen atoms in total. The molecule has 1 fully saturated rings. The lowest BCUT2D eigenvalue weighted by atomic mass is 9.94. The fourth-order valence-corrected chi connectivity index (χ4v) is 2.41. The summed E-state index contributed by atoms with van der Waals surface area (Å²) in [5.74, 6) is 0. The lowest BCUT2D eigenvalue weighted by Gasteiger charge is -2.36. The minimum absolute atomic E-state index is 0.122. The van der Waals surface area contributed by atoms with Gasteiger partial charge >= 0.3 is 0 Å². The van der Waals surface area contributed by atoms with Crippen molar-refractivity contribution in [3.8, 4) is 0 Å². The predicted octanol–water partition coefficient (Wildman–Crippen LogP) is 1.88. The minimum Gasteiger partial charge on any atom is -0.381 e. The molecular weight excluding hydrogens is 260 g/mol. The molecule has 0 atom stereocenters. The third-order valence-corrected chi connectivity index (χ3v) is 3.73. The maximum absolute atomic E-state index is 10.7. The molecule has 2 rings (SSSR count). The molecule has 1 aliphatic rings. The molecule has 6 heteroatoms. The fourth-order valence-electron chi connectivity index (χ4n) is 2.41. The monoisotopic (exact) mass is 280 g/mol. The van der Waals surface area contributed by atoms with Crippen LogP contribution in [0, 0.1) is 10.1 Å². The van der Waals surface area contributed by atoms with Gasteiger partial charge in [-0.25, -0.2) is 0 Å². The van der Waals surface area contributed by atoms with Crippen molar-refractivity contribution in [3.63, 3.8) is 0 Å². The van der Waals surface area contributed by atoms with E-state index >= 15 is 0 Å². The van der Waals surface area contributed by atoms with E-state index in [1.54, 1.807) is 19.2 Å². The first kappa shape index (κ1) is 14.9. The Labute approximate surface area is 118 Å². The molecule has 1 saturated heterocycles. The maximum atomic E-state index is 10.7. The number of nitro benzene ring substituents is 1. The molecule has 110 valence electrons. The van der Waals surface area contributed by atoms with Gasteiger partial charge in [0.15, 0.2) is 0 Å². The van der Waals surface area contributed by atoms with Crippen LogP contribution in [0.2, 0.25) is 0 Å². The average molecular weight is 280 g/mol. The van der Waals surface area contributed by atoms with Crippen molar-refractivity contribution < 1.29 is 14.4 Å². The van der Waals surface area contributed by atoms with Gasteiger partial charge in [-0.05, 0) is 5.56 Å². The molecular formula is C14H20N2O4. The number of benzene rings is 1. The first-order chi connectivity index (χ1) is 9.65. The summed E-state index contributed by atoms with van der Waals surface area (Å²) in [6.07, 6.45) is 1.73. The van der Waals surface area contributed by atoms with Gasteiger partial charge < -0.3 is 14.8 Å². The second kappa shape index (κ2) is 6.78. The molecule has 0 aliphatic carbocycles. The second-order valence-corrected chi connectivity index (χ2v) is 5.03. The average Bonchev–Trinajstić information content (AvgIpc) is 2.48. The van der Waals surface area contributed by atoms with Gasteiger partial charge in [0, 0.05) is 58.4 Å². The first-order valence-electron chi connectivity index (χ1n) is 6.72. The summed E-state index contributed by atoms with van der Waals surface area (Å²) in [6, 6.07) is 6.67. The molecule has 1 aliphatic heterocycles. The smallest absolute Gasteiger partial charge is 0.269 e. The minimum atomic E-state index is -0.376.